The first kappa shape index (κ1) is 16.0. The van der Waals surface area contributed by atoms with Gasteiger partial charge in [-0.3, -0.25) is 0 Å². The summed E-state index contributed by atoms with van der Waals surface area (Å²) in [6.45, 7) is 0. The second kappa shape index (κ2) is 6.60. The molecular weight excluding hydrogens is 320 g/mol. The first-order chi connectivity index (χ1) is 10.1. The van der Waals surface area contributed by atoms with E-state index in [0.717, 1.165) is 22.5 Å². The summed E-state index contributed by atoms with van der Waals surface area (Å²) in [5.41, 5.74) is 8.51. The van der Waals surface area contributed by atoms with Gasteiger partial charge in [-0.15, -0.1) is 23.7 Å². The molecule has 3 N–H and O–H groups in total. The molecule has 2 aromatic carbocycles. The molecule has 6 heteroatoms. The van der Waals surface area contributed by atoms with Crippen molar-refractivity contribution in [1.82, 2.24) is 4.98 Å². The SMILES string of the molecule is Cl.Nc1cccc(-c2nc(-c3ccccc3)c(C(=O)O)s2)c1. The lowest BCUT2D eigenvalue weighted by atomic mass is 10.1. The molecule has 3 aromatic rings. The topological polar surface area (TPSA) is 76.2 Å². The Bertz CT molecular complexity index is 803. The largest absolute Gasteiger partial charge is 0.477 e. The number of aromatic nitrogens is 1. The summed E-state index contributed by atoms with van der Waals surface area (Å²) in [4.78, 5) is 16.2. The Morgan fingerprint density at radius 2 is 1.73 bits per heavy atom. The summed E-state index contributed by atoms with van der Waals surface area (Å²) in [6.07, 6.45) is 0. The molecule has 1 heterocycles. The van der Waals surface area contributed by atoms with Crippen LogP contribution in [0.2, 0.25) is 0 Å². The summed E-state index contributed by atoms with van der Waals surface area (Å²) >= 11 is 1.16. The Kier molecular flexibility index (Phi) is 4.80. The van der Waals surface area contributed by atoms with E-state index in [-0.39, 0.29) is 17.3 Å². The number of benzene rings is 2. The van der Waals surface area contributed by atoms with Gasteiger partial charge < -0.3 is 10.8 Å². The number of anilines is 1. The van der Waals surface area contributed by atoms with Crippen LogP contribution in [0, 0.1) is 0 Å². The van der Waals surface area contributed by atoms with Crippen LogP contribution >= 0.6 is 23.7 Å². The number of carboxylic acid groups (broad SMARTS) is 1. The van der Waals surface area contributed by atoms with Crippen molar-refractivity contribution < 1.29 is 9.90 Å². The number of nitrogens with zero attached hydrogens (tertiary/aromatic N) is 1. The Labute approximate surface area is 137 Å². The molecule has 0 aliphatic carbocycles. The third-order valence-electron chi connectivity index (χ3n) is 3.00. The first-order valence-electron chi connectivity index (χ1n) is 6.30. The highest BCUT2D eigenvalue weighted by molar-refractivity contribution is 7.17. The minimum Gasteiger partial charge on any atom is -0.477 e. The fourth-order valence-electron chi connectivity index (χ4n) is 2.05. The summed E-state index contributed by atoms with van der Waals surface area (Å²) in [5, 5.41) is 10.0. The molecule has 0 fully saturated rings. The van der Waals surface area contributed by atoms with E-state index < -0.39 is 5.97 Å². The fourth-order valence-corrected chi connectivity index (χ4v) is 2.97. The Morgan fingerprint density at radius 3 is 2.36 bits per heavy atom. The molecule has 0 saturated heterocycles. The lowest BCUT2D eigenvalue weighted by Crippen LogP contribution is -1.95. The van der Waals surface area contributed by atoms with Crippen LogP contribution in [0.1, 0.15) is 9.67 Å². The highest BCUT2D eigenvalue weighted by Crippen LogP contribution is 2.34. The van der Waals surface area contributed by atoms with E-state index >= 15 is 0 Å². The van der Waals surface area contributed by atoms with E-state index in [2.05, 4.69) is 4.98 Å². The van der Waals surface area contributed by atoms with Crippen molar-refractivity contribution >= 4 is 35.4 Å². The third kappa shape index (κ3) is 3.10. The number of hydrogen-bond donors (Lipinski definition) is 2. The van der Waals surface area contributed by atoms with Crippen LogP contribution in [-0.2, 0) is 0 Å². The van der Waals surface area contributed by atoms with E-state index in [1.807, 2.05) is 42.5 Å². The van der Waals surface area contributed by atoms with Gasteiger partial charge in [0.15, 0.2) is 0 Å². The maximum Gasteiger partial charge on any atom is 0.348 e. The van der Waals surface area contributed by atoms with Crippen LogP contribution in [0.3, 0.4) is 0 Å². The molecule has 4 nitrogen and oxygen atoms in total. The zero-order valence-corrected chi connectivity index (χ0v) is 13.0. The van der Waals surface area contributed by atoms with Crippen molar-refractivity contribution in [2.24, 2.45) is 0 Å². The predicted octanol–water partition coefficient (Wildman–Crippen LogP) is 4.18. The quantitative estimate of drug-likeness (QED) is 0.705. The minimum absolute atomic E-state index is 0. The number of thiazole rings is 1. The van der Waals surface area contributed by atoms with E-state index in [4.69, 9.17) is 5.73 Å². The predicted molar refractivity (Wildman–Crippen MR) is 91.6 cm³/mol. The van der Waals surface area contributed by atoms with Gasteiger partial charge in [0.05, 0.1) is 5.69 Å². The minimum atomic E-state index is -0.971. The number of carbonyl (C=O) groups is 1. The Morgan fingerprint density at radius 1 is 1.05 bits per heavy atom. The number of nitrogens with two attached hydrogens (primary N) is 1. The van der Waals surface area contributed by atoms with Crippen molar-refractivity contribution in [3.05, 3.63) is 59.5 Å². The molecule has 22 heavy (non-hydrogen) atoms. The van der Waals surface area contributed by atoms with E-state index in [1.165, 1.54) is 0 Å². The van der Waals surface area contributed by atoms with Gasteiger partial charge in [0.25, 0.3) is 0 Å². The van der Waals surface area contributed by atoms with Crippen LogP contribution in [0.15, 0.2) is 54.6 Å². The molecule has 0 spiro atoms. The van der Waals surface area contributed by atoms with E-state index in [0.29, 0.717) is 16.4 Å². The average molecular weight is 333 g/mol. The average Bonchev–Trinajstić information content (AvgIpc) is 2.93. The third-order valence-corrected chi connectivity index (χ3v) is 4.09. The number of halogens is 1. The lowest BCUT2D eigenvalue weighted by molar-refractivity contribution is 0.0702. The maximum atomic E-state index is 11.5. The molecule has 0 saturated carbocycles. The first-order valence-corrected chi connectivity index (χ1v) is 7.12. The van der Waals surface area contributed by atoms with Crippen molar-refractivity contribution in [3.8, 4) is 21.8 Å². The molecular formula is C16H13ClN2O2S. The number of aromatic carboxylic acids is 1. The molecule has 0 bridgehead atoms. The molecule has 3 rings (SSSR count). The summed E-state index contributed by atoms with van der Waals surface area (Å²) < 4.78 is 0. The molecule has 0 atom stereocenters. The second-order valence-electron chi connectivity index (χ2n) is 4.49. The van der Waals surface area contributed by atoms with Crippen molar-refractivity contribution in [2.45, 2.75) is 0 Å². The van der Waals surface area contributed by atoms with Crippen molar-refractivity contribution in [1.29, 1.82) is 0 Å². The molecule has 0 radical (unpaired) electrons. The normalized spacial score (nSPS) is 10.0. The molecule has 0 amide bonds. The van der Waals surface area contributed by atoms with Gasteiger partial charge in [-0.05, 0) is 12.1 Å². The molecule has 112 valence electrons. The van der Waals surface area contributed by atoms with Crippen LogP contribution in [0.5, 0.6) is 0 Å². The smallest absolute Gasteiger partial charge is 0.348 e. The van der Waals surface area contributed by atoms with Gasteiger partial charge in [-0.1, -0.05) is 42.5 Å². The lowest BCUT2D eigenvalue weighted by Gasteiger charge is -1.98. The molecule has 0 unspecified atom stereocenters. The highest BCUT2D eigenvalue weighted by atomic mass is 35.5. The van der Waals surface area contributed by atoms with E-state index in [9.17, 15) is 9.90 Å². The summed E-state index contributed by atoms with van der Waals surface area (Å²) in [7, 11) is 0. The van der Waals surface area contributed by atoms with Gasteiger partial charge in [-0.25, -0.2) is 9.78 Å². The van der Waals surface area contributed by atoms with Crippen molar-refractivity contribution in [3.63, 3.8) is 0 Å². The second-order valence-corrected chi connectivity index (χ2v) is 5.49. The van der Waals surface area contributed by atoms with Gasteiger partial charge in [0.1, 0.15) is 9.88 Å². The van der Waals surface area contributed by atoms with Gasteiger partial charge in [0.2, 0.25) is 0 Å². The number of nitrogen functional groups attached to an aromatic ring is 1. The summed E-state index contributed by atoms with van der Waals surface area (Å²) in [6, 6.07) is 16.6. The highest BCUT2D eigenvalue weighted by Gasteiger charge is 2.19. The zero-order valence-electron chi connectivity index (χ0n) is 11.4. The fraction of sp³-hybridized carbons (Fsp3) is 0. The molecule has 1 aromatic heterocycles. The Balaban J connectivity index is 0.00000176. The van der Waals surface area contributed by atoms with Crippen LogP contribution in [0.25, 0.3) is 21.8 Å². The van der Waals surface area contributed by atoms with E-state index in [1.54, 1.807) is 12.1 Å². The van der Waals surface area contributed by atoms with Crippen LogP contribution in [-0.4, -0.2) is 16.1 Å². The number of hydrogen-bond acceptors (Lipinski definition) is 4. The standard InChI is InChI=1S/C16H12N2O2S.ClH/c17-12-8-4-7-11(9-12)15-18-13(14(21-15)16(19)20)10-5-2-1-3-6-10;/h1-9H,17H2,(H,19,20);1H. The van der Waals surface area contributed by atoms with Gasteiger partial charge >= 0.3 is 5.97 Å². The Hall–Kier alpha value is -2.37. The maximum absolute atomic E-state index is 11.5. The molecule has 0 aliphatic heterocycles. The molecule has 0 aliphatic rings. The monoisotopic (exact) mass is 332 g/mol. The number of carboxylic acids is 1. The number of rotatable bonds is 3. The van der Waals surface area contributed by atoms with Crippen molar-refractivity contribution in [2.75, 3.05) is 5.73 Å². The van der Waals surface area contributed by atoms with Gasteiger partial charge in [-0.2, -0.15) is 0 Å². The van der Waals surface area contributed by atoms with Crippen LogP contribution in [0.4, 0.5) is 5.69 Å². The van der Waals surface area contributed by atoms with Gasteiger partial charge in [0, 0.05) is 16.8 Å². The van der Waals surface area contributed by atoms with Crippen LogP contribution < -0.4 is 5.73 Å². The summed E-state index contributed by atoms with van der Waals surface area (Å²) in [5.74, 6) is -0.971. The zero-order chi connectivity index (χ0) is 14.8.